The minimum absolute atomic E-state index is 0.641. The number of nitrogens with one attached hydrogen (secondary N) is 1. The average Bonchev–Trinajstić information content (AvgIpc) is 2.83. The molecule has 3 rings (SSSR count). The molecule has 1 N–H and O–H groups in total. The predicted molar refractivity (Wildman–Crippen MR) is 85.8 cm³/mol. The van der Waals surface area contributed by atoms with Gasteiger partial charge in [-0.25, -0.2) is 4.98 Å². The van der Waals surface area contributed by atoms with Crippen LogP contribution in [0, 0.1) is 6.92 Å². The first-order valence-corrected chi connectivity index (χ1v) is 7.29. The van der Waals surface area contributed by atoms with E-state index in [4.69, 9.17) is 23.2 Å². The molecule has 0 radical (unpaired) electrons. The lowest BCUT2D eigenvalue weighted by molar-refractivity contribution is 1.01. The van der Waals surface area contributed by atoms with Gasteiger partial charge in [-0.2, -0.15) is 0 Å². The quantitative estimate of drug-likeness (QED) is 0.762. The molecule has 1 aromatic carbocycles. The fourth-order valence-corrected chi connectivity index (χ4v) is 2.62. The Morgan fingerprint density at radius 2 is 2.05 bits per heavy atom. The molecule has 0 aliphatic carbocycles. The standard InChI is InChI=1S/C16H13Cl2N3/c1-10-16(13-8-12(17)4-5-14(13)18)21-15(20-10)7-11-3-2-6-19-9-11/h2-6,8-9H,7H2,1H3,(H,20,21). The third-order valence-corrected chi connectivity index (χ3v) is 3.78. The van der Waals surface area contributed by atoms with Gasteiger partial charge < -0.3 is 4.98 Å². The first-order chi connectivity index (χ1) is 10.1. The SMILES string of the molecule is Cc1[nH]c(Cc2cccnc2)nc1-c1cc(Cl)ccc1Cl. The molecule has 3 aromatic rings. The van der Waals surface area contributed by atoms with Crippen LogP contribution in [0.3, 0.4) is 0 Å². The van der Waals surface area contributed by atoms with Gasteiger partial charge >= 0.3 is 0 Å². The monoisotopic (exact) mass is 317 g/mol. The Balaban J connectivity index is 1.96. The summed E-state index contributed by atoms with van der Waals surface area (Å²) in [6.07, 6.45) is 4.30. The second-order valence-corrected chi connectivity index (χ2v) is 5.66. The second kappa shape index (κ2) is 5.88. The highest BCUT2D eigenvalue weighted by molar-refractivity contribution is 6.35. The molecule has 21 heavy (non-hydrogen) atoms. The average molecular weight is 318 g/mol. The van der Waals surface area contributed by atoms with Crippen LogP contribution < -0.4 is 0 Å². The molecule has 0 aliphatic heterocycles. The fraction of sp³-hybridized carbons (Fsp3) is 0.125. The number of aromatic amines is 1. The van der Waals surface area contributed by atoms with E-state index in [1.54, 1.807) is 18.3 Å². The van der Waals surface area contributed by atoms with Gasteiger partial charge in [0.1, 0.15) is 5.82 Å². The number of aryl methyl sites for hydroxylation is 1. The van der Waals surface area contributed by atoms with Gasteiger partial charge in [0.15, 0.2) is 0 Å². The minimum Gasteiger partial charge on any atom is -0.345 e. The van der Waals surface area contributed by atoms with E-state index in [0.29, 0.717) is 16.5 Å². The van der Waals surface area contributed by atoms with E-state index in [1.165, 1.54) is 0 Å². The summed E-state index contributed by atoms with van der Waals surface area (Å²) in [6, 6.07) is 9.33. The fourth-order valence-electron chi connectivity index (χ4n) is 2.24. The maximum absolute atomic E-state index is 6.25. The van der Waals surface area contributed by atoms with Crippen molar-refractivity contribution in [2.75, 3.05) is 0 Å². The number of benzene rings is 1. The molecule has 0 saturated heterocycles. The van der Waals surface area contributed by atoms with E-state index in [1.807, 2.05) is 31.3 Å². The van der Waals surface area contributed by atoms with Crippen LogP contribution in [0.5, 0.6) is 0 Å². The molecule has 0 bridgehead atoms. The van der Waals surface area contributed by atoms with E-state index in [9.17, 15) is 0 Å². The molecular weight excluding hydrogens is 305 g/mol. The van der Waals surface area contributed by atoms with Crippen molar-refractivity contribution in [3.63, 3.8) is 0 Å². The summed E-state index contributed by atoms with van der Waals surface area (Å²) in [5, 5.41) is 1.28. The number of nitrogens with zero attached hydrogens (tertiary/aromatic N) is 2. The first kappa shape index (κ1) is 14.1. The zero-order valence-electron chi connectivity index (χ0n) is 11.4. The number of hydrogen-bond donors (Lipinski definition) is 1. The van der Waals surface area contributed by atoms with Crippen molar-refractivity contribution in [2.24, 2.45) is 0 Å². The van der Waals surface area contributed by atoms with Gasteiger partial charge in [0, 0.05) is 35.1 Å². The van der Waals surface area contributed by atoms with Gasteiger partial charge in [0.2, 0.25) is 0 Å². The van der Waals surface area contributed by atoms with Crippen molar-refractivity contribution >= 4 is 23.2 Å². The van der Waals surface area contributed by atoms with Crippen molar-refractivity contribution in [1.29, 1.82) is 0 Å². The highest BCUT2D eigenvalue weighted by Gasteiger charge is 2.13. The Labute approximate surface area is 133 Å². The number of halogens is 2. The molecule has 0 spiro atoms. The smallest absolute Gasteiger partial charge is 0.111 e. The predicted octanol–water partition coefficient (Wildman–Crippen LogP) is 4.68. The van der Waals surface area contributed by atoms with Crippen molar-refractivity contribution < 1.29 is 0 Å². The lowest BCUT2D eigenvalue weighted by atomic mass is 10.1. The summed E-state index contributed by atoms with van der Waals surface area (Å²) in [5.74, 6) is 0.881. The molecule has 0 saturated carbocycles. The van der Waals surface area contributed by atoms with Gasteiger partial charge in [-0.05, 0) is 36.8 Å². The van der Waals surface area contributed by atoms with E-state index in [2.05, 4.69) is 15.0 Å². The minimum atomic E-state index is 0.641. The van der Waals surface area contributed by atoms with Crippen molar-refractivity contribution in [2.45, 2.75) is 13.3 Å². The van der Waals surface area contributed by atoms with Gasteiger partial charge in [0.05, 0.1) is 10.7 Å². The number of H-pyrrole nitrogens is 1. The molecule has 2 aromatic heterocycles. The molecule has 3 nitrogen and oxygen atoms in total. The molecule has 0 atom stereocenters. The van der Waals surface area contributed by atoms with Crippen molar-refractivity contribution in [3.8, 4) is 11.3 Å². The maximum Gasteiger partial charge on any atom is 0.111 e. The summed E-state index contributed by atoms with van der Waals surface area (Å²) in [7, 11) is 0. The number of pyridine rings is 1. The summed E-state index contributed by atoms with van der Waals surface area (Å²) < 4.78 is 0. The number of hydrogen-bond acceptors (Lipinski definition) is 2. The molecule has 5 heteroatoms. The zero-order chi connectivity index (χ0) is 14.8. The summed E-state index contributed by atoms with van der Waals surface area (Å²) in [4.78, 5) is 12.1. The lowest BCUT2D eigenvalue weighted by Gasteiger charge is -2.02. The van der Waals surface area contributed by atoms with Crippen LogP contribution in [0.2, 0.25) is 10.0 Å². The highest BCUT2D eigenvalue weighted by Crippen LogP contribution is 2.31. The zero-order valence-corrected chi connectivity index (χ0v) is 12.9. The van der Waals surface area contributed by atoms with E-state index >= 15 is 0 Å². The molecule has 0 unspecified atom stereocenters. The lowest BCUT2D eigenvalue weighted by Crippen LogP contribution is -1.91. The van der Waals surface area contributed by atoms with Crippen LogP contribution in [0.1, 0.15) is 17.1 Å². The van der Waals surface area contributed by atoms with Gasteiger partial charge in [-0.1, -0.05) is 29.3 Å². The van der Waals surface area contributed by atoms with Crippen LogP contribution in [-0.4, -0.2) is 15.0 Å². The van der Waals surface area contributed by atoms with Crippen LogP contribution in [0.4, 0.5) is 0 Å². The summed E-state index contributed by atoms with van der Waals surface area (Å²) >= 11 is 12.3. The molecule has 2 heterocycles. The largest absolute Gasteiger partial charge is 0.345 e. The normalized spacial score (nSPS) is 10.8. The van der Waals surface area contributed by atoms with Crippen molar-refractivity contribution in [1.82, 2.24) is 15.0 Å². The maximum atomic E-state index is 6.25. The Morgan fingerprint density at radius 1 is 1.19 bits per heavy atom. The van der Waals surface area contributed by atoms with Crippen LogP contribution in [0.25, 0.3) is 11.3 Å². The third-order valence-electron chi connectivity index (χ3n) is 3.21. The molecule has 0 amide bonds. The van der Waals surface area contributed by atoms with Crippen LogP contribution in [0.15, 0.2) is 42.7 Å². The number of imidazole rings is 1. The summed E-state index contributed by atoms with van der Waals surface area (Å²) in [6.45, 7) is 1.98. The van der Waals surface area contributed by atoms with Gasteiger partial charge in [0.25, 0.3) is 0 Å². The van der Waals surface area contributed by atoms with E-state index in [0.717, 1.165) is 28.3 Å². The Kier molecular flexibility index (Phi) is 3.95. The molecule has 0 fully saturated rings. The van der Waals surface area contributed by atoms with Crippen molar-refractivity contribution in [3.05, 3.63) is 69.9 Å². The van der Waals surface area contributed by atoms with Crippen LogP contribution >= 0.6 is 23.2 Å². The first-order valence-electron chi connectivity index (χ1n) is 6.53. The Bertz CT molecular complexity index is 766. The third kappa shape index (κ3) is 3.09. The Morgan fingerprint density at radius 3 is 2.81 bits per heavy atom. The van der Waals surface area contributed by atoms with Crippen LogP contribution in [-0.2, 0) is 6.42 Å². The molecular formula is C16H13Cl2N3. The number of rotatable bonds is 3. The number of aromatic nitrogens is 3. The Hall–Kier alpha value is -1.84. The van der Waals surface area contributed by atoms with Gasteiger partial charge in [-0.3, -0.25) is 4.98 Å². The molecule has 106 valence electrons. The van der Waals surface area contributed by atoms with Gasteiger partial charge in [-0.15, -0.1) is 0 Å². The topological polar surface area (TPSA) is 41.6 Å². The summed E-state index contributed by atoms with van der Waals surface area (Å²) in [5.41, 5.74) is 3.75. The molecule has 0 aliphatic rings. The highest BCUT2D eigenvalue weighted by atomic mass is 35.5. The van der Waals surface area contributed by atoms with E-state index in [-0.39, 0.29) is 0 Å². The second-order valence-electron chi connectivity index (χ2n) is 4.82. The van der Waals surface area contributed by atoms with E-state index < -0.39 is 0 Å².